The second kappa shape index (κ2) is 8.89. The second-order valence-corrected chi connectivity index (χ2v) is 5.28. The summed E-state index contributed by atoms with van der Waals surface area (Å²) in [6.45, 7) is 1.41. The maximum Gasteiger partial charge on any atom is 0.238 e. The minimum atomic E-state index is -0.129. The van der Waals surface area contributed by atoms with E-state index in [1.165, 1.54) is 11.8 Å². The lowest BCUT2D eigenvalue weighted by atomic mass is 10.2. The van der Waals surface area contributed by atoms with Crippen molar-refractivity contribution in [2.45, 2.75) is 4.90 Å². The molecule has 0 aliphatic carbocycles. The van der Waals surface area contributed by atoms with Crippen LogP contribution in [0.15, 0.2) is 23.1 Å². The molecule has 0 fully saturated rings. The number of anilines is 2. The third-order valence-electron chi connectivity index (χ3n) is 2.66. The smallest absolute Gasteiger partial charge is 0.238 e. The fourth-order valence-corrected chi connectivity index (χ4v) is 2.53. The zero-order valence-corrected chi connectivity index (χ0v) is 13.2. The molecule has 0 saturated carbocycles. The summed E-state index contributed by atoms with van der Waals surface area (Å²) in [5, 5.41) is 8.54. The number of thioether (sulfide) groups is 1. The molecule has 0 atom stereocenters. The van der Waals surface area contributed by atoms with Crippen LogP contribution < -0.4 is 16.0 Å². The number of methoxy groups -OCH3 is 1. The number of halogens is 1. The molecule has 0 aromatic heterocycles. The van der Waals surface area contributed by atoms with Gasteiger partial charge in [0.05, 0.1) is 24.6 Å². The lowest BCUT2D eigenvalue weighted by Gasteiger charge is -2.17. The summed E-state index contributed by atoms with van der Waals surface area (Å²) in [5.74, 6) is 0.283. The topological polar surface area (TPSA) is 79.5 Å². The van der Waals surface area contributed by atoms with E-state index < -0.39 is 0 Å². The van der Waals surface area contributed by atoms with Gasteiger partial charge in [0, 0.05) is 24.2 Å². The quantitative estimate of drug-likeness (QED) is 0.685. The Morgan fingerprint density at radius 3 is 3.05 bits per heavy atom. The Bertz CT molecular complexity index is 513. The Kier molecular flexibility index (Phi) is 7.52. The fourth-order valence-electron chi connectivity index (χ4n) is 1.74. The molecule has 8 heteroatoms. The summed E-state index contributed by atoms with van der Waals surface area (Å²) in [6.07, 6.45) is 0. The highest BCUT2D eigenvalue weighted by molar-refractivity contribution is 8.00. The predicted molar refractivity (Wildman–Crippen MR) is 86.4 cm³/mol. The summed E-state index contributed by atoms with van der Waals surface area (Å²) in [4.78, 5) is 24.0. The van der Waals surface area contributed by atoms with Crippen LogP contribution in [0.1, 0.15) is 0 Å². The first-order valence-corrected chi connectivity index (χ1v) is 7.24. The van der Waals surface area contributed by atoms with Crippen molar-refractivity contribution in [1.82, 2.24) is 5.32 Å². The maximum atomic E-state index is 11.7. The van der Waals surface area contributed by atoms with Gasteiger partial charge in [-0.2, -0.15) is 0 Å². The molecular formula is C13H18ClN3O3S. The number of ether oxygens (including phenoxy) is 1. The van der Waals surface area contributed by atoms with E-state index in [2.05, 4.69) is 16.0 Å². The van der Waals surface area contributed by atoms with Gasteiger partial charge in [-0.3, -0.25) is 9.59 Å². The third-order valence-corrected chi connectivity index (χ3v) is 3.74. The lowest BCUT2D eigenvalue weighted by molar-refractivity contribution is -0.115. The first-order valence-electron chi connectivity index (χ1n) is 6.25. The fraction of sp³-hybridized carbons (Fsp3) is 0.385. The molecule has 21 heavy (non-hydrogen) atoms. The second-order valence-electron chi connectivity index (χ2n) is 4.27. The molecule has 0 unspecified atom stereocenters. The Hall–Kier alpha value is -1.28. The monoisotopic (exact) mass is 331 g/mol. The zero-order valence-electron chi connectivity index (χ0n) is 11.6. The van der Waals surface area contributed by atoms with Crippen LogP contribution in [0.4, 0.5) is 11.4 Å². The van der Waals surface area contributed by atoms with Crippen LogP contribution in [-0.2, 0) is 14.3 Å². The van der Waals surface area contributed by atoms with Crippen molar-refractivity contribution in [2.75, 3.05) is 43.2 Å². The van der Waals surface area contributed by atoms with Gasteiger partial charge in [-0.25, -0.2) is 0 Å². The number of carbonyl (C=O) groups is 2. The number of benzene rings is 1. The van der Waals surface area contributed by atoms with E-state index >= 15 is 0 Å². The van der Waals surface area contributed by atoms with Gasteiger partial charge in [-0.15, -0.1) is 24.2 Å². The molecule has 0 radical (unpaired) electrons. The van der Waals surface area contributed by atoms with Gasteiger partial charge in [0.15, 0.2) is 0 Å². The molecule has 6 nitrogen and oxygen atoms in total. The Balaban J connectivity index is 0.00000220. The summed E-state index contributed by atoms with van der Waals surface area (Å²) >= 11 is 1.49. The predicted octanol–water partition coefficient (Wildman–Crippen LogP) is 1.33. The highest BCUT2D eigenvalue weighted by atomic mass is 35.5. The minimum Gasteiger partial charge on any atom is -0.383 e. The molecule has 1 aliphatic heterocycles. The number of rotatable bonds is 6. The van der Waals surface area contributed by atoms with E-state index in [4.69, 9.17) is 4.74 Å². The minimum absolute atomic E-state index is 0. The Morgan fingerprint density at radius 1 is 1.48 bits per heavy atom. The lowest BCUT2D eigenvalue weighted by Crippen LogP contribution is -2.30. The highest BCUT2D eigenvalue weighted by Crippen LogP contribution is 2.33. The molecule has 1 aromatic carbocycles. The first-order chi connectivity index (χ1) is 9.69. The third kappa shape index (κ3) is 5.55. The number of nitrogens with one attached hydrogen (secondary N) is 3. The highest BCUT2D eigenvalue weighted by Gasteiger charge is 2.15. The average molecular weight is 332 g/mol. The van der Waals surface area contributed by atoms with Crippen molar-refractivity contribution in [1.29, 1.82) is 0 Å². The zero-order chi connectivity index (χ0) is 14.4. The van der Waals surface area contributed by atoms with Crippen LogP contribution in [-0.4, -0.2) is 44.4 Å². The van der Waals surface area contributed by atoms with Gasteiger partial charge in [-0.05, 0) is 18.2 Å². The molecule has 0 saturated heterocycles. The van der Waals surface area contributed by atoms with E-state index in [1.807, 2.05) is 12.1 Å². The van der Waals surface area contributed by atoms with E-state index in [1.54, 1.807) is 13.2 Å². The van der Waals surface area contributed by atoms with Crippen molar-refractivity contribution < 1.29 is 14.3 Å². The van der Waals surface area contributed by atoms with Crippen LogP contribution in [0, 0.1) is 0 Å². The van der Waals surface area contributed by atoms with E-state index in [-0.39, 0.29) is 30.8 Å². The molecule has 0 bridgehead atoms. The Labute approximate surface area is 133 Å². The van der Waals surface area contributed by atoms with Gasteiger partial charge in [-0.1, -0.05) is 0 Å². The van der Waals surface area contributed by atoms with Crippen molar-refractivity contribution >= 4 is 47.4 Å². The van der Waals surface area contributed by atoms with Crippen molar-refractivity contribution in [3.63, 3.8) is 0 Å². The van der Waals surface area contributed by atoms with E-state index in [9.17, 15) is 9.59 Å². The standard InChI is InChI=1S/C13H17N3O3S.ClH/c1-19-5-4-14-7-12(17)15-9-2-3-11-10(6-9)16-13(18)8-20-11;/h2-3,6,14H,4-5,7-8H2,1H3,(H,15,17)(H,16,18);1H. The van der Waals surface area contributed by atoms with Crippen LogP contribution in [0.25, 0.3) is 0 Å². The van der Waals surface area contributed by atoms with Gasteiger partial charge in [0.2, 0.25) is 11.8 Å². The summed E-state index contributed by atoms with van der Waals surface area (Å²) < 4.78 is 4.88. The van der Waals surface area contributed by atoms with Gasteiger partial charge >= 0.3 is 0 Å². The van der Waals surface area contributed by atoms with E-state index in [0.29, 0.717) is 24.6 Å². The number of hydrogen-bond donors (Lipinski definition) is 3. The number of fused-ring (bicyclic) bond motifs is 1. The number of carbonyl (C=O) groups excluding carboxylic acids is 2. The molecule has 2 rings (SSSR count). The molecule has 1 aliphatic rings. The average Bonchev–Trinajstić information content (AvgIpc) is 2.43. The number of hydrogen-bond acceptors (Lipinski definition) is 5. The summed E-state index contributed by atoms with van der Waals surface area (Å²) in [5.41, 5.74) is 1.42. The first kappa shape index (κ1) is 17.8. The van der Waals surface area contributed by atoms with Gasteiger partial charge in [0.1, 0.15) is 0 Å². The van der Waals surface area contributed by atoms with Crippen LogP contribution in [0.5, 0.6) is 0 Å². The molecule has 2 amide bonds. The molecule has 116 valence electrons. The molecule has 1 aromatic rings. The Morgan fingerprint density at radius 2 is 2.29 bits per heavy atom. The molecule has 3 N–H and O–H groups in total. The van der Waals surface area contributed by atoms with Crippen molar-refractivity contribution in [2.24, 2.45) is 0 Å². The van der Waals surface area contributed by atoms with E-state index in [0.717, 1.165) is 10.6 Å². The summed E-state index contributed by atoms with van der Waals surface area (Å²) in [7, 11) is 1.61. The van der Waals surface area contributed by atoms with Gasteiger partial charge < -0.3 is 20.7 Å². The summed E-state index contributed by atoms with van der Waals surface area (Å²) in [6, 6.07) is 5.50. The van der Waals surface area contributed by atoms with Crippen LogP contribution in [0.3, 0.4) is 0 Å². The molecular weight excluding hydrogens is 314 g/mol. The van der Waals surface area contributed by atoms with Crippen LogP contribution >= 0.6 is 24.2 Å². The largest absolute Gasteiger partial charge is 0.383 e. The molecule has 1 heterocycles. The number of amides is 2. The SMILES string of the molecule is COCCNCC(=O)Nc1ccc2c(c1)NC(=O)CS2.Cl. The molecule has 0 spiro atoms. The normalized spacial score (nSPS) is 12.9. The van der Waals surface area contributed by atoms with Crippen molar-refractivity contribution in [3.05, 3.63) is 18.2 Å². The van der Waals surface area contributed by atoms with Gasteiger partial charge in [0.25, 0.3) is 0 Å². The van der Waals surface area contributed by atoms with Crippen LogP contribution in [0.2, 0.25) is 0 Å². The maximum absolute atomic E-state index is 11.7. The van der Waals surface area contributed by atoms with Crippen molar-refractivity contribution in [3.8, 4) is 0 Å².